The zero-order chi connectivity index (χ0) is 51.7. The normalized spacial score (nSPS) is 15.8. The number of nitrogens with one attached hydrogen (secondary N) is 2. The van der Waals surface area contributed by atoms with E-state index in [-0.39, 0.29) is 25.0 Å². The number of carbonyl (C=O) groups is 1. The van der Waals surface area contributed by atoms with Crippen LogP contribution in [0.3, 0.4) is 0 Å². The van der Waals surface area contributed by atoms with E-state index >= 15 is 0 Å². The number of likely N-dealkylation sites (tertiary alicyclic amines) is 3. The van der Waals surface area contributed by atoms with Crippen LogP contribution in [0.25, 0.3) is 89.7 Å². The molecule has 5 aliphatic heterocycles. The van der Waals surface area contributed by atoms with Crippen LogP contribution in [-0.2, 0) is 19.5 Å². The molecule has 0 aliphatic carbocycles. The predicted molar refractivity (Wildman–Crippen MR) is 297 cm³/mol. The second-order valence-electron chi connectivity index (χ2n) is 20.6. The number of carboxylic acids is 1. The number of carboxylic acid groups (broad SMARTS) is 1. The number of piperidine rings is 3. The number of nitrogens with zero attached hydrogens (tertiary/aromatic N) is 9. The first-order valence-electron chi connectivity index (χ1n) is 27.4. The van der Waals surface area contributed by atoms with Crippen LogP contribution >= 0.6 is 0 Å². The number of aromatic amines is 2. The number of aromatic carboxylic acids is 1. The maximum absolute atomic E-state index is 11.6. The summed E-state index contributed by atoms with van der Waals surface area (Å²) >= 11 is 0. The molecule has 8 bridgehead atoms. The Hall–Kier alpha value is -7.37. The van der Waals surface area contributed by atoms with Gasteiger partial charge in [-0.15, -0.1) is 0 Å². The Morgan fingerprint density at radius 2 is 0.769 bits per heavy atom. The molecule has 0 unspecified atom stereocenters. The Morgan fingerprint density at radius 1 is 0.410 bits per heavy atom. The molecule has 392 valence electrons. The monoisotopic (exact) mass is 1100 g/mol. The van der Waals surface area contributed by atoms with E-state index in [1.54, 1.807) is 12.1 Å². The number of rotatable bonds is 15. The number of aromatic nitrogens is 8. The largest absolute Gasteiger partial charge is 2.00 e. The predicted octanol–water partition coefficient (Wildman–Crippen LogP) is 11.0. The molecule has 3 aromatic heterocycles. The molecule has 0 spiro atoms. The van der Waals surface area contributed by atoms with Crippen molar-refractivity contribution in [3.63, 3.8) is 0 Å². The summed E-state index contributed by atoms with van der Waals surface area (Å²) in [6.45, 7) is 10.9. The first kappa shape index (κ1) is 51.4. The minimum absolute atomic E-state index is 0. The number of H-pyrrole nitrogens is 2. The van der Waals surface area contributed by atoms with Gasteiger partial charge in [0.15, 0.2) is 23.3 Å². The van der Waals surface area contributed by atoms with Gasteiger partial charge in [0.2, 0.25) is 0 Å². The summed E-state index contributed by atoms with van der Waals surface area (Å²) in [4.78, 5) is 57.9. The molecule has 13 rings (SSSR count). The SMILES string of the molecule is O=C(O)c1ccc(Oc2ccc3c4nc5nc(nc6[nH]c(nc7nc(nc([nH]4)c3c2)-c2cc(OCCN3CCCCC3)ccc2-7)c2cc(OCCN3CCCCC3)ccc62)-c2cc(OCCN3CCCCC3)ccc2-5)cc1.[Zn+2]. The topological polar surface area (TPSA) is 193 Å². The van der Waals surface area contributed by atoms with Gasteiger partial charge >= 0.3 is 25.4 Å². The molecule has 8 aromatic rings. The number of hydrogen-bond donors (Lipinski definition) is 3. The molecule has 0 amide bonds. The van der Waals surface area contributed by atoms with Crippen molar-refractivity contribution in [3.8, 4) is 74.3 Å². The summed E-state index contributed by atoms with van der Waals surface area (Å²) in [6.07, 6.45) is 11.2. The van der Waals surface area contributed by atoms with Crippen LogP contribution in [0.4, 0.5) is 0 Å². The molecule has 3 saturated heterocycles. The van der Waals surface area contributed by atoms with Gasteiger partial charge in [-0.05, 0) is 175 Å². The molecule has 78 heavy (non-hydrogen) atoms. The van der Waals surface area contributed by atoms with Crippen molar-refractivity contribution in [2.45, 2.75) is 57.8 Å². The third-order valence-corrected chi connectivity index (χ3v) is 15.4. The van der Waals surface area contributed by atoms with Gasteiger partial charge in [-0.25, -0.2) is 34.7 Å². The summed E-state index contributed by atoms with van der Waals surface area (Å²) < 4.78 is 25.7. The van der Waals surface area contributed by atoms with Gasteiger partial charge in [0.25, 0.3) is 0 Å². The molecule has 17 nitrogen and oxygen atoms in total. The van der Waals surface area contributed by atoms with Gasteiger partial charge in [-0.3, -0.25) is 14.7 Å². The fourth-order valence-corrected chi connectivity index (χ4v) is 11.3. The van der Waals surface area contributed by atoms with Crippen LogP contribution in [0.2, 0.25) is 0 Å². The van der Waals surface area contributed by atoms with Crippen molar-refractivity contribution in [3.05, 3.63) is 103 Å². The van der Waals surface area contributed by atoms with Gasteiger partial charge in [0.05, 0.1) is 5.56 Å². The summed E-state index contributed by atoms with van der Waals surface area (Å²) in [5.41, 5.74) is 5.47. The van der Waals surface area contributed by atoms with E-state index in [9.17, 15) is 9.90 Å². The van der Waals surface area contributed by atoms with Crippen molar-refractivity contribution in [2.24, 2.45) is 0 Å². The molecular formula is C60H61N11O6Zn+2. The average molecular weight is 1100 g/mol. The quantitative estimate of drug-likeness (QED) is 0.0821. The molecule has 3 fully saturated rings. The van der Waals surface area contributed by atoms with E-state index in [0.29, 0.717) is 88.3 Å². The smallest absolute Gasteiger partial charge is 0.492 e. The van der Waals surface area contributed by atoms with E-state index in [2.05, 4.69) is 24.7 Å². The van der Waals surface area contributed by atoms with E-state index in [1.807, 2.05) is 72.8 Å². The summed E-state index contributed by atoms with van der Waals surface area (Å²) in [5.74, 6) is 4.02. The Balaban J connectivity index is 0.00000609. The molecule has 5 aromatic carbocycles. The number of benzene rings is 5. The zero-order valence-electron chi connectivity index (χ0n) is 43.8. The van der Waals surface area contributed by atoms with Crippen LogP contribution in [0, 0.1) is 0 Å². The van der Waals surface area contributed by atoms with Crippen LogP contribution in [0.5, 0.6) is 28.7 Å². The maximum atomic E-state index is 11.6. The fourth-order valence-electron chi connectivity index (χ4n) is 11.3. The minimum Gasteiger partial charge on any atom is -0.492 e. The standard InChI is InChI=1S/C60H61N11O6.Zn/c72-60(73)38-10-12-39(13-11-38)77-43-17-21-47-51(37-43)59-63-53(47)61-52-44-18-14-40(74-31-28-69-22-4-1-5-23-69)34-48(44)56(62-52)64-54-45-19-15-41(75-32-29-70-24-6-2-7-25-70)35-49(45)57(65-54)66-55-46-20-16-42(36-50(46)58(67-55)68-59)76-33-30-71-26-8-3-9-27-71;/h10-21,34-37H,1-9,22-33H2,(H,72,73)(H2,61,62,63,64,65,66,67,68);/q;+2. The van der Waals surface area contributed by atoms with Gasteiger partial charge < -0.3 is 34.0 Å². The van der Waals surface area contributed by atoms with Crippen molar-refractivity contribution in [2.75, 3.05) is 78.7 Å². The molecule has 5 aliphatic rings. The Labute approximate surface area is 464 Å². The molecular weight excluding hydrogens is 1040 g/mol. The number of ether oxygens (including phenoxy) is 4. The van der Waals surface area contributed by atoms with Crippen molar-refractivity contribution in [1.82, 2.24) is 54.6 Å². The van der Waals surface area contributed by atoms with Gasteiger partial charge in [-0.1, -0.05) is 19.3 Å². The molecule has 0 saturated carbocycles. The van der Waals surface area contributed by atoms with Crippen molar-refractivity contribution >= 4 is 50.1 Å². The second-order valence-corrected chi connectivity index (χ2v) is 20.6. The molecule has 18 heteroatoms. The molecule has 3 N–H and O–H groups in total. The van der Waals surface area contributed by atoms with Gasteiger partial charge in [0.1, 0.15) is 71.2 Å². The fraction of sp³-hybridized carbons (Fsp3) is 0.350. The van der Waals surface area contributed by atoms with E-state index < -0.39 is 5.97 Å². The Bertz CT molecular complexity index is 3680. The third kappa shape index (κ3) is 11.0. The van der Waals surface area contributed by atoms with E-state index in [4.69, 9.17) is 48.9 Å². The molecule has 8 heterocycles. The van der Waals surface area contributed by atoms with Crippen LogP contribution in [-0.4, -0.2) is 144 Å². The summed E-state index contributed by atoms with van der Waals surface area (Å²) in [6, 6.07) is 30.1. The first-order chi connectivity index (χ1) is 37.9. The average Bonchev–Trinajstić information content (AvgIpc) is 4.33. The van der Waals surface area contributed by atoms with Gasteiger partial charge in [0, 0.05) is 63.4 Å². The third-order valence-electron chi connectivity index (χ3n) is 15.4. The molecule has 0 radical (unpaired) electrons. The van der Waals surface area contributed by atoms with Crippen LogP contribution in [0.1, 0.15) is 68.1 Å². The molecule has 0 atom stereocenters. The zero-order valence-corrected chi connectivity index (χ0v) is 46.8. The van der Waals surface area contributed by atoms with E-state index in [0.717, 1.165) is 109 Å². The van der Waals surface area contributed by atoms with Crippen LogP contribution in [0.15, 0.2) is 97.1 Å². The Kier molecular flexibility index (Phi) is 15.1. The second kappa shape index (κ2) is 22.9. The number of hydrogen-bond acceptors (Lipinski definition) is 14. The summed E-state index contributed by atoms with van der Waals surface area (Å²) in [5, 5.41) is 12.7. The van der Waals surface area contributed by atoms with Crippen molar-refractivity contribution in [1.29, 1.82) is 0 Å². The number of fused-ring (bicyclic) bond motifs is 20. The first-order valence-corrected chi connectivity index (χ1v) is 27.4. The van der Waals surface area contributed by atoms with Crippen LogP contribution < -0.4 is 18.9 Å². The minimum atomic E-state index is -1.01. The Morgan fingerprint density at radius 3 is 1.21 bits per heavy atom. The summed E-state index contributed by atoms with van der Waals surface area (Å²) in [7, 11) is 0. The van der Waals surface area contributed by atoms with Gasteiger partial charge in [-0.2, -0.15) is 0 Å². The van der Waals surface area contributed by atoms with E-state index in [1.165, 1.54) is 69.9 Å². The van der Waals surface area contributed by atoms with Crippen molar-refractivity contribution < 1.29 is 48.3 Å². The maximum Gasteiger partial charge on any atom is 2.00 e.